The minimum Gasteiger partial charge on any atom is -0.417 e. The molecule has 3 N–H and O–H groups in total. The van der Waals surface area contributed by atoms with E-state index in [0.717, 1.165) is 30.2 Å². The van der Waals surface area contributed by atoms with Crippen molar-refractivity contribution < 1.29 is 28.8 Å². The fraction of sp³-hybridized carbons (Fsp3) is 0.618. The molecule has 1 aromatic carbocycles. The van der Waals surface area contributed by atoms with Crippen molar-refractivity contribution in [1.82, 2.24) is 25.6 Å². The van der Waals surface area contributed by atoms with Gasteiger partial charge in [-0.2, -0.15) is 4.73 Å². The molecule has 0 spiro atoms. The number of hydrogen-bond acceptors (Lipinski definition) is 6. The van der Waals surface area contributed by atoms with Crippen molar-refractivity contribution in [3.05, 3.63) is 36.0 Å². The quantitative estimate of drug-likeness (QED) is 0.311. The average molecular weight is 624 g/mol. The van der Waals surface area contributed by atoms with Crippen molar-refractivity contribution in [2.24, 2.45) is 5.92 Å². The van der Waals surface area contributed by atoms with E-state index in [2.05, 4.69) is 16.0 Å². The van der Waals surface area contributed by atoms with E-state index in [1.807, 2.05) is 51.1 Å². The summed E-state index contributed by atoms with van der Waals surface area (Å²) in [5.41, 5.74) is 1.50. The molecule has 0 bridgehead atoms. The molecular weight excluding hydrogens is 574 g/mol. The maximum Gasteiger partial charge on any atom is 0.246 e. The maximum atomic E-state index is 14.0. The van der Waals surface area contributed by atoms with Gasteiger partial charge in [-0.25, -0.2) is 0 Å². The largest absolute Gasteiger partial charge is 0.417 e. The first-order chi connectivity index (χ1) is 21.7. The highest BCUT2D eigenvalue weighted by Gasteiger charge is 2.41. The van der Waals surface area contributed by atoms with E-state index in [9.17, 15) is 24.0 Å². The normalized spacial score (nSPS) is 23.7. The minimum atomic E-state index is -1.03. The Balaban J connectivity index is 1.66. The predicted octanol–water partition coefficient (Wildman–Crippen LogP) is 3.07. The third-order valence-electron chi connectivity index (χ3n) is 9.31. The van der Waals surface area contributed by atoms with Gasteiger partial charge in [-0.05, 0) is 50.2 Å². The smallest absolute Gasteiger partial charge is 0.246 e. The summed E-state index contributed by atoms with van der Waals surface area (Å²) in [7, 11) is 1.54. The van der Waals surface area contributed by atoms with Crippen molar-refractivity contribution in [2.45, 2.75) is 116 Å². The van der Waals surface area contributed by atoms with E-state index in [1.54, 1.807) is 16.7 Å². The Morgan fingerprint density at radius 1 is 0.956 bits per heavy atom. The van der Waals surface area contributed by atoms with Crippen molar-refractivity contribution >= 4 is 40.3 Å². The number of hydrogen-bond donors (Lipinski definition) is 3. The number of para-hydroxylation sites is 1. The van der Waals surface area contributed by atoms with Gasteiger partial charge in [0.25, 0.3) is 0 Å². The Bertz CT molecular complexity index is 1370. The van der Waals surface area contributed by atoms with Gasteiger partial charge < -0.3 is 25.7 Å². The number of fused-ring (bicyclic) bond motifs is 2. The van der Waals surface area contributed by atoms with Crippen LogP contribution in [0.15, 0.2) is 30.3 Å². The van der Waals surface area contributed by atoms with Gasteiger partial charge in [0.05, 0.1) is 11.2 Å². The number of carbonyl (C=O) groups is 5. The Kier molecular flexibility index (Phi) is 12.0. The molecule has 45 heavy (non-hydrogen) atoms. The number of aromatic nitrogens is 1. The molecule has 2 aliphatic heterocycles. The highest BCUT2D eigenvalue weighted by atomic mass is 16.6. The van der Waals surface area contributed by atoms with Crippen LogP contribution in [0.3, 0.4) is 0 Å². The SMILES string of the molecule is CCC(=O)CCCCC[C@@H]1NC(=O)[C@H]2CCCCN2C(=O)[C@H]([C@H](C)CC)NC(=O)[C@H](Cc2cc3ccccc3n2OC)NC1=O. The van der Waals surface area contributed by atoms with Crippen LogP contribution in [0.4, 0.5) is 0 Å². The van der Waals surface area contributed by atoms with Crippen LogP contribution in [0.1, 0.15) is 90.7 Å². The van der Waals surface area contributed by atoms with Crippen LogP contribution in [0.2, 0.25) is 0 Å². The molecule has 11 nitrogen and oxygen atoms in total. The van der Waals surface area contributed by atoms with E-state index in [-0.39, 0.29) is 29.9 Å². The molecule has 3 heterocycles. The topological polar surface area (TPSA) is 139 Å². The van der Waals surface area contributed by atoms with E-state index in [0.29, 0.717) is 57.2 Å². The number of unbranched alkanes of at least 4 members (excludes halogenated alkanes) is 2. The lowest BCUT2D eigenvalue weighted by molar-refractivity contribution is -0.147. The number of Topliss-reactive ketones (excluding diaryl/α,β-unsaturated/α-hetero) is 1. The fourth-order valence-corrected chi connectivity index (χ4v) is 6.38. The van der Waals surface area contributed by atoms with Crippen molar-refractivity contribution in [3.8, 4) is 0 Å². The molecule has 2 fully saturated rings. The third kappa shape index (κ3) is 8.23. The summed E-state index contributed by atoms with van der Waals surface area (Å²) in [5, 5.41) is 9.76. The number of benzene rings is 1. The lowest BCUT2D eigenvalue weighted by atomic mass is 9.93. The molecule has 1 aromatic heterocycles. The predicted molar refractivity (Wildman–Crippen MR) is 171 cm³/mol. The van der Waals surface area contributed by atoms with Crippen molar-refractivity contribution in [2.75, 3.05) is 13.7 Å². The van der Waals surface area contributed by atoms with Gasteiger partial charge >= 0.3 is 0 Å². The van der Waals surface area contributed by atoms with Crippen LogP contribution in [-0.2, 0) is 30.4 Å². The first-order valence-corrected chi connectivity index (χ1v) is 16.6. The summed E-state index contributed by atoms with van der Waals surface area (Å²) in [6.07, 6.45) is 6.20. The summed E-state index contributed by atoms with van der Waals surface area (Å²) < 4.78 is 1.64. The second kappa shape index (κ2) is 15.9. The molecular formula is C34H49N5O6. The molecule has 0 radical (unpaired) electrons. The van der Waals surface area contributed by atoms with Gasteiger partial charge in [-0.15, -0.1) is 0 Å². The molecule has 0 aliphatic carbocycles. The molecule has 4 rings (SSSR count). The van der Waals surface area contributed by atoms with Crippen molar-refractivity contribution in [1.29, 1.82) is 0 Å². The zero-order valence-corrected chi connectivity index (χ0v) is 27.1. The Hall–Kier alpha value is -3.89. The monoisotopic (exact) mass is 623 g/mol. The fourth-order valence-electron chi connectivity index (χ4n) is 6.38. The summed E-state index contributed by atoms with van der Waals surface area (Å²) in [6, 6.07) is 6.10. The number of nitrogens with one attached hydrogen (secondary N) is 3. The van der Waals surface area contributed by atoms with Crippen LogP contribution in [0.25, 0.3) is 10.9 Å². The molecule has 2 saturated heterocycles. The summed E-state index contributed by atoms with van der Waals surface area (Å²) in [4.78, 5) is 74.7. The van der Waals surface area contributed by atoms with Gasteiger partial charge in [-0.1, -0.05) is 58.2 Å². The average Bonchev–Trinajstić information content (AvgIpc) is 3.41. The second-order valence-electron chi connectivity index (χ2n) is 12.4. The lowest BCUT2D eigenvalue weighted by Gasteiger charge is -2.39. The van der Waals surface area contributed by atoms with Gasteiger partial charge in [0, 0.05) is 31.2 Å². The van der Waals surface area contributed by atoms with E-state index >= 15 is 0 Å². The Morgan fingerprint density at radius 2 is 1.69 bits per heavy atom. The van der Waals surface area contributed by atoms with Gasteiger partial charge in [0.1, 0.15) is 37.1 Å². The second-order valence-corrected chi connectivity index (χ2v) is 12.4. The van der Waals surface area contributed by atoms with Crippen LogP contribution in [0.5, 0.6) is 0 Å². The number of piperidine rings is 1. The summed E-state index contributed by atoms with van der Waals surface area (Å²) >= 11 is 0. The minimum absolute atomic E-state index is 0.105. The maximum absolute atomic E-state index is 14.0. The van der Waals surface area contributed by atoms with Crippen LogP contribution < -0.4 is 20.8 Å². The number of amides is 4. The zero-order chi connectivity index (χ0) is 32.5. The van der Waals surface area contributed by atoms with E-state index in [4.69, 9.17) is 4.84 Å². The highest BCUT2D eigenvalue weighted by molar-refractivity contribution is 5.98. The van der Waals surface area contributed by atoms with Gasteiger partial charge in [-0.3, -0.25) is 24.0 Å². The Morgan fingerprint density at radius 3 is 2.42 bits per heavy atom. The molecule has 5 atom stereocenters. The van der Waals surface area contributed by atoms with E-state index in [1.165, 1.54) is 0 Å². The lowest BCUT2D eigenvalue weighted by Crippen LogP contribution is -2.64. The molecule has 11 heteroatoms. The molecule has 2 aromatic rings. The molecule has 246 valence electrons. The first-order valence-electron chi connectivity index (χ1n) is 16.6. The van der Waals surface area contributed by atoms with Crippen LogP contribution in [-0.4, -0.2) is 76.9 Å². The van der Waals surface area contributed by atoms with Crippen molar-refractivity contribution in [3.63, 3.8) is 0 Å². The molecule has 4 amide bonds. The van der Waals surface area contributed by atoms with Gasteiger partial charge in [0.2, 0.25) is 23.6 Å². The number of rotatable bonds is 12. The first kappa shape index (κ1) is 34.0. The number of ketones is 1. The number of nitrogens with zero attached hydrogens (tertiary/aromatic N) is 2. The Labute approximate surface area is 265 Å². The highest BCUT2D eigenvalue weighted by Crippen LogP contribution is 2.23. The molecule has 2 aliphatic rings. The summed E-state index contributed by atoms with van der Waals surface area (Å²) in [5.74, 6) is -1.53. The standard InChI is InChI=1S/C34H49N5O6/c1-5-22(3)30-34(44)38-19-13-12-18-29(38)33(43)35-26(16-9-7-8-15-25(40)6-2)31(41)36-27(32(42)37-30)21-24-20-23-14-10-11-17-28(23)39(24)45-4/h10-11,14,17,20,22,26-27,29-30H,5-9,12-13,15-16,18-19,21H2,1-4H3,(H,35,43)(H,36,41)(H,37,42)/t22-,26+,27+,29-,30+/m1/s1. The zero-order valence-electron chi connectivity index (χ0n) is 27.1. The summed E-state index contributed by atoms with van der Waals surface area (Å²) in [6.45, 7) is 6.13. The number of carbonyl (C=O) groups excluding carboxylic acids is 5. The van der Waals surface area contributed by atoms with Crippen LogP contribution in [0, 0.1) is 5.92 Å². The van der Waals surface area contributed by atoms with Gasteiger partial charge in [0.15, 0.2) is 0 Å². The van der Waals surface area contributed by atoms with Crippen LogP contribution >= 0.6 is 0 Å². The van der Waals surface area contributed by atoms with E-state index < -0.39 is 36.0 Å². The molecule has 0 unspecified atom stereocenters. The third-order valence-corrected chi connectivity index (χ3v) is 9.31. The molecule has 0 saturated carbocycles.